The number of benzene rings is 5. The van der Waals surface area contributed by atoms with E-state index in [0.717, 1.165) is 61.9 Å². The molecule has 8 nitrogen and oxygen atoms in total. The van der Waals surface area contributed by atoms with Gasteiger partial charge in [-0.2, -0.15) is 0 Å². The van der Waals surface area contributed by atoms with Crippen molar-refractivity contribution >= 4 is 71.4 Å². The molecule has 320 valence electrons. The summed E-state index contributed by atoms with van der Waals surface area (Å²) in [5.74, 6) is 2.40. The topological polar surface area (TPSA) is 61.2 Å². The molecule has 7 aromatic rings. The number of hydrogen-bond acceptors (Lipinski definition) is 7. The number of nitrogens with zero attached hydrogens (tertiary/aromatic N) is 4. The number of anilines is 4. The Bertz CT molecular complexity index is 2810. The van der Waals surface area contributed by atoms with Crippen LogP contribution >= 0.6 is 0 Å². The monoisotopic (exact) mass is 836 g/mol. The molecule has 5 aromatic carbocycles. The van der Waals surface area contributed by atoms with Crippen LogP contribution in [0.3, 0.4) is 0 Å². The third kappa shape index (κ3) is 8.39. The number of ether oxygens (including phenoxy) is 1. The van der Waals surface area contributed by atoms with Crippen LogP contribution in [-0.2, 0) is 24.5 Å². The van der Waals surface area contributed by atoms with Gasteiger partial charge in [-0.05, 0) is 105 Å². The van der Waals surface area contributed by atoms with Gasteiger partial charge in [0.15, 0.2) is 0 Å². The maximum atomic E-state index is 6.74. The van der Waals surface area contributed by atoms with Gasteiger partial charge in [0.25, 0.3) is 0 Å². The summed E-state index contributed by atoms with van der Waals surface area (Å²) >= 11 is 0. The molecule has 0 N–H and O–H groups in total. The molecule has 0 spiro atoms. The first-order valence-electron chi connectivity index (χ1n) is 22.3. The van der Waals surface area contributed by atoms with E-state index in [2.05, 4.69) is 213 Å². The molecule has 0 saturated carbocycles. The lowest BCUT2D eigenvalue weighted by atomic mass is 9.50. The first-order valence-corrected chi connectivity index (χ1v) is 22.3. The number of aromatic nitrogens is 2. The lowest BCUT2D eigenvalue weighted by molar-refractivity contribution is 0.250. The molecule has 0 aliphatic carbocycles. The van der Waals surface area contributed by atoms with Gasteiger partial charge >= 0.3 is 21.4 Å². The Kier molecular flexibility index (Phi) is 10.6. The minimum absolute atomic E-state index is 0.0110. The van der Waals surface area contributed by atoms with Crippen LogP contribution in [0.25, 0.3) is 27.6 Å². The second-order valence-electron chi connectivity index (χ2n) is 21.5. The highest BCUT2D eigenvalue weighted by Gasteiger charge is 2.51. The van der Waals surface area contributed by atoms with Gasteiger partial charge in [0, 0.05) is 40.5 Å². The molecule has 1 saturated heterocycles. The zero-order chi connectivity index (χ0) is 44.6. The van der Waals surface area contributed by atoms with Crippen LogP contribution in [-0.4, -0.2) is 37.6 Å². The second-order valence-corrected chi connectivity index (χ2v) is 21.5. The van der Waals surface area contributed by atoms with E-state index in [0.29, 0.717) is 6.67 Å². The van der Waals surface area contributed by atoms with Crippen molar-refractivity contribution in [3.63, 3.8) is 0 Å². The first kappa shape index (κ1) is 42.8. The summed E-state index contributed by atoms with van der Waals surface area (Å²) in [5, 5.41) is 1.84. The lowest BCUT2D eigenvalue weighted by Gasteiger charge is -2.41. The number of rotatable bonds is 6. The number of para-hydroxylation sites is 3. The predicted octanol–water partition coefficient (Wildman–Crippen LogP) is 13.1. The highest BCUT2D eigenvalue weighted by molar-refractivity contribution is 6.81. The Morgan fingerprint density at radius 2 is 1.14 bits per heavy atom. The van der Waals surface area contributed by atoms with Gasteiger partial charge in [0.05, 0.1) is 22.4 Å². The maximum absolute atomic E-state index is 6.74. The highest BCUT2D eigenvalue weighted by Crippen LogP contribution is 2.46. The molecular weight excluding hydrogens is 777 g/mol. The normalized spacial score (nSPS) is 15.2. The third-order valence-electron chi connectivity index (χ3n) is 12.1. The Morgan fingerprint density at radius 3 is 1.81 bits per heavy atom. The largest absolute Gasteiger partial charge is 0.466 e. The summed E-state index contributed by atoms with van der Waals surface area (Å²) in [5.41, 5.74) is 9.78. The molecule has 4 heterocycles. The van der Waals surface area contributed by atoms with Crippen LogP contribution in [0.15, 0.2) is 128 Å². The molecule has 2 aliphatic heterocycles. The van der Waals surface area contributed by atoms with E-state index >= 15 is 0 Å². The summed E-state index contributed by atoms with van der Waals surface area (Å²) in [6.45, 7) is 27.0. The van der Waals surface area contributed by atoms with Gasteiger partial charge in [-0.1, -0.05) is 126 Å². The lowest BCUT2D eigenvalue weighted by Crippen LogP contribution is -2.59. The molecule has 1 fully saturated rings. The average molecular weight is 837 g/mol. The summed E-state index contributed by atoms with van der Waals surface area (Å²) in [6, 6.07) is 43.0. The molecule has 2 aliphatic rings. The fraction of sp³-hybridized carbons (Fsp3) is 0.327. The van der Waals surface area contributed by atoms with Gasteiger partial charge in [-0.3, -0.25) is 4.57 Å². The number of hydrogen-bond donors (Lipinski definition) is 0. The van der Waals surface area contributed by atoms with E-state index in [4.69, 9.17) is 23.4 Å². The van der Waals surface area contributed by atoms with Gasteiger partial charge in [0.2, 0.25) is 0 Å². The molecule has 0 amide bonds. The van der Waals surface area contributed by atoms with Crippen molar-refractivity contribution in [2.75, 3.05) is 16.5 Å². The summed E-state index contributed by atoms with van der Waals surface area (Å²) in [4.78, 5) is 9.62. The molecule has 11 heteroatoms. The fourth-order valence-electron chi connectivity index (χ4n) is 8.54. The van der Waals surface area contributed by atoms with Crippen LogP contribution in [0.4, 0.5) is 22.7 Å². The van der Waals surface area contributed by atoms with Crippen molar-refractivity contribution in [3.05, 3.63) is 139 Å². The van der Waals surface area contributed by atoms with Crippen molar-refractivity contribution in [3.8, 4) is 17.3 Å². The highest BCUT2D eigenvalue weighted by atomic mass is 16.7. The van der Waals surface area contributed by atoms with Crippen molar-refractivity contribution in [2.24, 2.45) is 0 Å². The summed E-state index contributed by atoms with van der Waals surface area (Å²) in [6.07, 6.45) is 1.92. The van der Waals surface area contributed by atoms with E-state index < -0.39 is 21.4 Å². The standard InChI is InChI=1S/C52H59B3N4O4/c1-49(2,3)35-26-27-56-48(30-35)59-44-21-14-13-20-42(44)43-25-24-41(33-47(43)59)60-40-19-17-18-38(32-40)57-34-58(46-23-16-15-22-45(46)57)39-29-36(50(4,5)6)28-37(31-39)53-61-54(51(7,8)9)63-55(62-53)52(10,11)12/h13-33H,34H2,1-12H3. The molecule has 0 bridgehead atoms. The molecule has 0 atom stereocenters. The van der Waals surface area contributed by atoms with E-state index in [1.54, 1.807) is 0 Å². The number of fused-ring (bicyclic) bond motifs is 4. The fourth-order valence-corrected chi connectivity index (χ4v) is 8.54. The minimum atomic E-state index is -0.596. The molecule has 9 rings (SSSR count). The molecule has 2 aromatic heterocycles. The van der Waals surface area contributed by atoms with E-state index in [-0.39, 0.29) is 21.5 Å². The maximum Gasteiger partial charge on any atom is 0.466 e. The molecule has 63 heavy (non-hydrogen) atoms. The Balaban J connectivity index is 1.05. The van der Waals surface area contributed by atoms with Gasteiger partial charge < -0.3 is 28.3 Å². The summed E-state index contributed by atoms with van der Waals surface area (Å²) in [7, 11) is -1.47. The first-order chi connectivity index (χ1) is 29.7. The van der Waals surface area contributed by atoms with Crippen molar-refractivity contribution in [1.29, 1.82) is 0 Å². The Morgan fingerprint density at radius 1 is 0.524 bits per heavy atom. The van der Waals surface area contributed by atoms with E-state index in [9.17, 15) is 0 Å². The number of pyridine rings is 1. The zero-order valence-electron chi connectivity index (χ0n) is 39.0. The smallest absolute Gasteiger partial charge is 0.457 e. The Hall–Kier alpha value is -5.48. The van der Waals surface area contributed by atoms with Gasteiger partial charge in [-0.15, -0.1) is 0 Å². The van der Waals surface area contributed by atoms with E-state index in [1.807, 2.05) is 12.3 Å². The van der Waals surface area contributed by atoms with Crippen molar-refractivity contribution < 1.29 is 18.5 Å². The van der Waals surface area contributed by atoms with E-state index in [1.165, 1.54) is 16.5 Å². The third-order valence-corrected chi connectivity index (χ3v) is 12.1. The molecule has 0 unspecified atom stereocenters. The average Bonchev–Trinajstić information content (AvgIpc) is 3.78. The predicted molar refractivity (Wildman–Crippen MR) is 264 cm³/mol. The van der Waals surface area contributed by atoms with Crippen LogP contribution in [0.1, 0.15) is 94.2 Å². The van der Waals surface area contributed by atoms with Crippen LogP contribution < -0.4 is 20.0 Å². The zero-order valence-corrected chi connectivity index (χ0v) is 39.0. The molecular formula is C52H59B3N4O4. The Labute approximate surface area is 375 Å². The SMILES string of the molecule is CC(C)(C)B1OB(c2cc(N3CN(c4cccc(Oc5ccc6c7ccccc7n(-c7cc(C(C)(C)C)ccn7)c6c5)c4)c4ccccc43)cc(C(C)(C)C)c2)OB(C(C)(C)C)O1. The molecule has 0 radical (unpaired) electrons. The van der Waals surface area contributed by atoms with Crippen LogP contribution in [0.5, 0.6) is 11.5 Å². The van der Waals surface area contributed by atoms with Gasteiger partial charge in [0.1, 0.15) is 24.0 Å². The second kappa shape index (κ2) is 15.6. The quantitative estimate of drug-likeness (QED) is 0.155. The van der Waals surface area contributed by atoms with Crippen LogP contribution in [0, 0.1) is 0 Å². The van der Waals surface area contributed by atoms with Crippen molar-refractivity contribution in [1.82, 2.24) is 9.55 Å². The van der Waals surface area contributed by atoms with Crippen LogP contribution in [0.2, 0.25) is 10.6 Å². The minimum Gasteiger partial charge on any atom is -0.457 e. The van der Waals surface area contributed by atoms with Gasteiger partial charge in [-0.25, -0.2) is 4.98 Å². The summed E-state index contributed by atoms with van der Waals surface area (Å²) < 4.78 is 28.8. The van der Waals surface area contributed by atoms with Crippen molar-refractivity contribution in [2.45, 2.75) is 105 Å².